The molecule has 0 atom stereocenters. The molecule has 0 saturated heterocycles. The zero-order valence-corrected chi connectivity index (χ0v) is 6.93. The molecule has 0 unspecified atom stereocenters. The molecule has 1 N–H and O–H groups in total. The maximum atomic E-state index is 11.1. The number of nitrogens with one attached hydrogen (secondary N) is 1. The molecule has 12 heavy (non-hydrogen) atoms. The average Bonchev–Trinajstić information content (AvgIpc) is 2.06. The van der Waals surface area contributed by atoms with Crippen molar-refractivity contribution >= 4 is 39.6 Å². The molecule has 0 aromatic heterocycles. The van der Waals surface area contributed by atoms with Crippen molar-refractivity contribution in [3.8, 4) is 0 Å². The Bertz CT molecular complexity index is 323. The zero-order valence-electron chi connectivity index (χ0n) is 6.11. The molecule has 3 nitrogen and oxygen atoms in total. The molecule has 0 aliphatic carbocycles. The summed E-state index contributed by atoms with van der Waals surface area (Å²) in [6.45, 7) is 0. The second kappa shape index (κ2) is 4.99. The van der Waals surface area contributed by atoms with Gasteiger partial charge in [0.15, 0.2) is 0 Å². The molecule has 0 aliphatic rings. The Morgan fingerprint density at radius 1 is 1.17 bits per heavy atom. The fourth-order valence-corrected chi connectivity index (χ4v) is 1.47. The summed E-state index contributed by atoms with van der Waals surface area (Å²) in [5, 5.41) is 0. The molecule has 62 valence electrons. The SMILES string of the molecule is CNS(=O)(=O)c1ccccc1.[NaH]. The molecule has 1 rings (SSSR count). The molecule has 1 aromatic rings. The quantitative estimate of drug-likeness (QED) is 0.672. The van der Waals surface area contributed by atoms with Crippen molar-refractivity contribution in [3.05, 3.63) is 30.3 Å². The van der Waals surface area contributed by atoms with Gasteiger partial charge in [0, 0.05) is 0 Å². The first-order valence-electron chi connectivity index (χ1n) is 3.15. The average molecular weight is 195 g/mol. The van der Waals surface area contributed by atoms with Crippen molar-refractivity contribution in [1.29, 1.82) is 0 Å². The monoisotopic (exact) mass is 195 g/mol. The normalized spacial score (nSPS) is 10.4. The Labute approximate surface area is 94.5 Å². The van der Waals surface area contributed by atoms with Crippen LogP contribution in [0.25, 0.3) is 0 Å². The third kappa shape index (κ3) is 2.88. The van der Waals surface area contributed by atoms with E-state index < -0.39 is 10.0 Å². The summed E-state index contributed by atoms with van der Waals surface area (Å²) >= 11 is 0. The van der Waals surface area contributed by atoms with Gasteiger partial charge >= 0.3 is 29.6 Å². The van der Waals surface area contributed by atoms with E-state index in [0.29, 0.717) is 4.90 Å². The Morgan fingerprint density at radius 2 is 1.67 bits per heavy atom. The van der Waals surface area contributed by atoms with Crippen LogP contribution in [0.3, 0.4) is 0 Å². The van der Waals surface area contributed by atoms with Gasteiger partial charge in [0.2, 0.25) is 10.0 Å². The molecule has 0 aliphatic heterocycles. The van der Waals surface area contributed by atoms with Crippen LogP contribution in [0.4, 0.5) is 0 Å². The van der Waals surface area contributed by atoms with Crippen LogP contribution in [0.1, 0.15) is 0 Å². The molecule has 5 heteroatoms. The van der Waals surface area contributed by atoms with Crippen molar-refractivity contribution in [1.82, 2.24) is 4.72 Å². The van der Waals surface area contributed by atoms with Crippen LogP contribution in [0.15, 0.2) is 35.2 Å². The van der Waals surface area contributed by atoms with Gasteiger partial charge < -0.3 is 0 Å². The topological polar surface area (TPSA) is 46.2 Å². The van der Waals surface area contributed by atoms with Gasteiger partial charge in [-0.05, 0) is 19.2 Å². The number of sulfonamides is 1. The number of hydrogen-bond acceptors (Lipinski definition) is 2. The van der Waals surface area contributed by atoms with Gasteiger partial charge in [0.25, 0.3) is 0 Å². The van der Waals surface area contributed by atoms with E-state index >= 15 is 0 Å². The van der Waals surface area contributed by atoms with Gasteiger partial charge in [0.05, 0.1) is 4.90 Å². The van der Waals surface area contributed by atoms with Crippen LogP contribution in [-0.2, 0) is 10.0 Å². The van der Waals surface area contributed by atoms with Gasteiger partial charge in [-0.1, -0.05) is 18.2 Å². The second-order valence-corrected chi connectivity index (χ2v) is 3.91. The minimum absolute atomic E-state index is 0. The van der Waals surface area contributed by atoms with Gasteiger partial charge in [-0.25, -0.2) is 13.1 Å². The summed E-state index contributed by atoms with van der Waals surface area (Å²) in [6, 6.07) is 8.24. The first-order chi connectivity index (χ1) is 5.17. The molecular formula is C7H10NNaO2S. The molecule has 0 radical (unpaired) electrons. The first-order valence-corrected chi connectivity index (χ1v) is 4.64. The van der Waals surface area contributed by atoms with Crippen LogP contribution in [0.5, 0.6) is 0 Å². The summed E-state index contributed by atoms with van der Waals surface area (Å²) in [4.78, 5) is 0.294. The molecule has 0 spiro atoms. The van der Waals surface area contributed by atoms with E-state index in [4.69, 9.17) is 0 Å². The van der Waals surface area contributed by atoms with E-state index in [1.165, 1.54) is 7.05 Å². The first kappa shape index (κ1) is 12.1. The fraction of sp³-hybridized carbons (Fsp3) is 0.143. The van der Waals surface area contributed by atoms with Crippen LogP contribution in [0, 0.1) is 0 Å². The van der Waals surface area contributed by atoms with Crippen LogP contribution in [-0.4, -0.2) is 45.0 Å². The molecule has 0 amide bonds. The number of hydrogen-bond donors (Lipinski definition) is 1. The van der Waals surface area contributed by atoms with Crippen molar-refractivity contribution in [3.63, 3.8) is 0 Å². The van der Waals surface area contributed by atoms with Crippen LogP contribution >= 0.6 is 0 Å². The molecule has 0 heterocycles. The summed E-state index contributed by atoms with van der Waals surface area (Å²) in [5.41, 5.74) is 0. The summed E-state index contributed by atoms with van der Waals surface area (Å²) in [5.74, 6) is 0. The summed E-state index contributed by atoms with van der Waals surface area (Å²) in [6.07, 6.45) is 0. The predicted molar refractivity (Wildman–Crippen MR) is 49.8 cm³/mol. The van der Waals surface area contributed by atoms with Gasteiger partial charge in [-0.3, -0.25) is 0 Å². The molecule has 0 bridgehead atoms. The van der Waals surface area contributed by atoms with Crippen LogP contribution < -0.4 is 4.72 Å². The van der Waals surface area contributed by atoms with E-state index in [0.717, 1.165) is 0 Å². The molecule has 0 fully saturated rings. The summed E-state index contributed by atoms with van der Waals surface area (Å²) in [7, 11) is -1.86. The third-order valence-electron chi connectivity index (χ3n) is 1.32. The van der Waals surface area contributed by atoms with Gasteiger partial charge in [0.1, 0.15) is 0 Å². The van der Waals surface area contributed by atoms with Gasteiger partial charge in [-0.2, -0.15) is 0 Å². The van der Waals surface area contributed by atoms with Crippen molar-refractivity contribution in [2.45, 2.75) is 4.90 Å². The van der Waals surface area contributed by atoms with E-state index in [1.54, 1.807) is 30.3 Å². The maximum absolute atomic E-state index is 11.1. The third-order valence-corrected chi connectivity index (χ3v) is 2.75. The van der Waals surface area contributed by atoms with Gasteiger partial charge in [-0.15, -0.1) is 0 Å². The van der Waals surface area contributed by atoms with E-state index in [2.05, 4.69) is 4.72 Å². The van der Waals surface area contributed by atoms with Crippen molar-refractivity contribution in [2.24, 2.45) is 0 Å². The zero-order chi connectivity index (χ0) is 8.32. The van der Waals surface area contributed by atoms with Crippen molar-refractivity contribution in [2.75, 3.05) is 7.05 Å². The summed E-state index contributed by atoms with van der Waals surface area (Å²) < 4.78 is 24.4. The van der Waals surface area contributed by atoms with E-state index in [1.807, 2.05) is 0 Å². The molecular weight excluding hydrogens is 185 g/mol. The fourth-order valence-electron chi connectivity index (χ4n) is 0.717. The Hall–Kier alpha value is 0.130. The predicted octanol–water partition coefficient (Wildman–Crippen LogP) is -0.0538. The van der Waals surface area contributed by atoms with Crippen molar-refractivity contribution < 1.29 is 8.42 Å². The van der Waals surface area contributed by atoms with E-state index in [-0.39, 0.29) is 29.6 Å². The number of rotatable bonds is 2. The van der Waals surface area contributed by atoms with Crippen LogP contribution in [0.2, 0.25) is 0 Å². The molecule has 1 aromatic carbocycles. The Balaban J connectivity index is 0.00000121. The second-order valence-electron chi connectivity index (χ2n) is 2.02. The Kier molecular flexibility index (Phi) is 5.04. The molecule has 0 saturated carbocycles. The Morgan fingerprint density at radius 3 is 2.08 bits per heavy atom. The van der Waals surface area contributed by atoms with E-state index in [9.17, 15) is 8.42 Å². The minimum atomic E-state index is -3.25. The standard InChI is InChI=1S/C7H9NO2S.Na.H/c1-8-11(9,10)7-5-3-2-4-6-7;;/h2-6,8H,1H3;;. The number of benzene rings is 1.